The third-order valence-electron chi connectivity index (χ3n) is 7.13. The van der Waals surface area contributed by atoms with Crippen molar-refractivity contribution < 1.29 is 23.7 Å². The minimum atomic E-state index is -2.07. The Labute approximate surface area is 233 Å². The number of rotatable bonds is 16. The van der Waals surface area contributed by atoms with Crippen LogP contribution in [-0.4, -0.2) is 52.7 Å². The van der Waals surface area contributed by atoms with Gasteiger partial charge in [0.2, 0.25) is 0 Å². The van der Waals surface area contributed by atoms with E-state index >= 15 is 0 Å². The van der Waals surface area contributed by atoms with Crippen molar-refractivity contribution in [2.45, 2.75) is 131 Å². The summed E-state index contributed by atoms with van der Waals surface area (Å²) in [6.07, 6.45) is 15.6. The van der Waals surface area contributed by atoms with Gasteiger partial charge in [0.1, 0.15) is 5.54 Å². The molecule has 210 valence electrons. The van der Waals surface area contributed by atoms with Gasteiger partial charge in [-0.15, -0.1) is 6.58 Å². The lowest BCUT2D eigenvalue weighted by atomic mass is 9.87. The Balaban J connectivity index is 1.73. The average Bonchev–Trinajstić information content (AvgIpc) is 3.28. The number of nitrogens with one attached hydrogen (secondary N) is 1. The zero-order chi connectivity index (χ0) is 26.7. The molecule has 2 atom stereocenters. The van der Waals surface area contributed by atoms with E-state index in [9.17, 15) is 4.79 Å². The highest BCUT2D eigenvalue weighted by Crippen LogP contribution is 2.36. The van der Waals surface area contributed by atoms with Crippen molar-refractivity contribution in [2.75, 3.05) is 19.8 Å². The summed E-state index contributed by atoms with van der Waals surface area (Å²) in [5.74, 6) is -1.83. The summed E-state index contributed by atoms with van der Waals surface area (Å²) >= 11 is 17.4. The predicted molar refractivity (Wildman–Crippen MR) is 147 cm³/mol. The van der Waals surface area contributed by atoms with E-state index in [1.807, 2.05) is 13.8 Å². The van der Waals surface area contributed by atoms with Crippen molar-refractivity contribution in [3.63, 3.8) is 0 Å². The SMILES string of the molecule is C=C[C@@]1(NC(=O)C(Cl)(Cl)Cl)COC(C)(C)O[C@H]1CCCCCCCCC1(CCCCCC)OCCO1. The van der Waals surface area contributed by atoms with Gasteiger partial charge in [-0.25, -0.2) is 0 Å². The fourth-order valence-electron chi connectivity index (χ4n) is 4.99. The van der Waals surface area contributed by atoms with Crippen molar-refractivity contribution in [3.8, 4) is 0 Å². The van der Waals surface area contributed by atoms with Crippen LogP contribution in [0.25, 0.3) is 0 Å². The van der Waals surface area contributed by atoms with Crippen LogP contribution < -0.4 is 5.32 Å². The summed E-state index contributed by atoms with van der Waals surface area (Å²) in [7, 11) is 0. The molecule has 1 amide bonds. The first-order chi connectivity index (χ1) is 17.0. The molecule has 0 saturated carbocycles. The Kier molecular flexibility index (Phi) is 13.3. The first-order valence-corrected chi connectivity index (χ1v) is 14.7. The number of carbonyl (C=O) groups is 1. The van der Waals surface area contributed by atoms with Gasteiger partial charge in [0.25, 0.3) is 9.70 Å². The van der Waals surface area contributed by atoms with E-state index in [1.54, 1.807) is 6.08 Å². The fourth-order valence-corrected chi connectivity index (χ4v) is 5.13. The van der Waals surface area contributed by atoms with Crippen LogP contribution in [0.1, 0.15) is 104 Å². The smallest absolute Gasteiger partial charge is 0.272 e. The van der Waals surface area contributed by atoms with Crippen LogP contribution in [0.5, 0.6) is 0 Å². The molecule has 1 N–H and O–H groups in total. The molecule has 0 aromatic carbocycles. The number of hydrogen-bond acceptors (Lipinski definition) is 5. The molecule has 2 heterocycles. The second kappa shape index (κ2) is 14.9. The van der Waals surface area contributed by atoms with Gasteiger partial charge in [-0.1, -0.05) is 99.2 Å². The van der Waals surface area contributed by atoms with Crippen molar-refractivity contribution >= 4 is 40.7 Å². The highest BCUT2D eigenvalue weighted by molar-refractivity contribution is 6.76. The lowest BCUT2D eigenvalue weighted by molar-refractivity contribution is -0.295. The predicted octanol–water partition coefficient (Wildman–Crippen LogP) is 7.38. The largest absolute Gasteiger partial charge is 0.348 e. The second-order valence-corrected chi connectivity index (χ2v) is 12.9. The molecule has 36 heavy (non-hydrogen) atoms. The number of halogens is 3. The van der Waals surface area contributed by atoms with Gasteiger partial charge in [0.15, 0.2) is 11.6 Å². The summed E-state index contributed by atoms with van der Waals surface area (Å²) in [6, 6.07) is 0. The third kappa shape index (κ3) is 10.2. The van der Waals surface area contributed by atoms with Gasteiger partial charge < -0.3 is 24.3 Å². The quantitative estimate of drug-likeness (QED) is 0.119. The summed E-state index contributed by atoms with van der Waals surface area (Å²) in [6.45, 7) is 11.5. The van der Waals surface area contributed by atoms with Gasteiger partial charge >= 0.3 is 0 Å². The van der Waals surface area contributed by atoms with Crippen LogP contribution in [0.3, 0.4) is 0 Å². The van der Waals surface area contributed by atoms with Crippen molar-refractivity contribution in [1.82, 2.24) is 5.32 Å². The molecular weight excluding hydrogens is 525 g/mol. The van der Waals surface area contributed by atoms with Crippen LogP contribution in [-0.2, 0) is 23.7 Å². The van der Waals surface area contributed by atoms with Crippen LogP contribution in [0, 0.1) is 0 Å². The standard InChI is InChI=1S/C27H46Cl3NO5/c1-5-7-8-14-17-26(33-19-20-34-26)18-15-12-10-9-11-13-16-22-25(6-2,21-35-24(3,4)36-22)31-23(32)27(28,29)30/h6,22H,2,5,7-21H2,1,3-4H3,(H,31,32)/t22-,25+/m0/s1. The maximum absolute atomic E-state index is 12.4. The number of carbonyl (C=O) groups excluding carboxylic acids is 1. The van der Waals surface area contributed by atoms with E-state index in [0.29, 0.717) is 13.2 Å². The van der Waals surface area contributed by atoms with Crippen molar-refractivity contribution in [1.29, 1.82) is 0 Å². The van der Waals surface area contributed by atoms with Gasteiger partial charge in [-0.05, 0) is 33.1 Å². The van der Waals surface area contributed by atoms with E-state index in [1.165, 1.54) is 38.5 Å². The van der Waals surface area contributed by atoms with Crippen molar-refractivity contribution in [3.05, 3.63) is 12.7 Å². The number of unbranched alkanes of at least 4 members (excludes halogenated alkanes) is 8. The molecule has 2 aliphatic rings. The Bertz CT molecular complexity index is 679. The van der Waals surface area contributed by atoms with Crippen LogP contribution in [0.2, 0.25) is 0 Å². The minimum absolute atomic E-state index is 0.199. The normalized spacial score (nSPS) is 25.6. The summed E-state index contributed by atoms with van der Waals surface area (Å²) in [4.78, 5) is 12.4. The zero-order valence-corrected chi connectivity index (χ0v) is 24.6. The fraction of sp³-hybridized carbons (Fsp3) is 0.889. The molecule has 0 spiro atoms. The average molecular weight is 571 g/mol. The molecule has 0 radical (unpaired) electrons. The lowest BCUT2D eigenvalue weighted by Gasteiger charge is -2.48. The topological polar surface area (TPSA) is 66.0 Å². The number of hydrogen-bond donors (Lipinski definition) is 1. The highest BCUT2D eigenvalue weighted by Gasteiger charge is 2.49. The molecule has 6 nitrogen and oxygen atoms in total. The molecule has 0 aliphatic carbocycles. The van der Waals surface area contributed by atoms with E-state index in [2.05, 4.69) is 18.8 Å². The van der Waals surface area contributed by atoms with Crippen LogP contribution in [0.15, 0.2) is 12.7 Å². The Morgan fingerprint density at radius 2 is 1.50 bits per heavy atom. The molecule has 2 saturated heterocycles. The maximum Gasteiger partial charge on any atom is 0.272 e. The number of alkyl halides is 3. The minimum Gasteiger partial charge on any atom is -0.348 e. The summed E-state index contributed by atoms with van der Waals surface area (Å²) in [5, 5.41) is 2.80. The number of amides is 1. The third-order valence-corrected chi connectivity index (χ3v) is 7.64. The maximum atomic E-state index is 12.4. The van der Waals surface area contributed by atoms with Crippen LogP contribution in [0.4, 0.5) is 0 Å². The Morgan fingerprint density at radius 3 is 2.06 bits per heavy atom. The Hall–Kier alpha value is -0.0800. The monoisotopic (exact) mass is 569 g/mol. The molecule has 0 unspecified atom stereocenters. The van der Waals surface area contributed by atoms with Crippen molar-refractivity contribution in [2.24, 2.45) is 0 Å². The van der Waals surface area contributed by atoms with Gasteiger partial charge in [-0.3, -0.25) is 4.79 Å². The molecular formula is C27H46Cl3NO5. The highest BCUT2D eigenvalue weighted by atomic mass is 35.6. The molecule has 2 fully saturated rings. The Morgan fingerprint density at radius 1 is 0.944 bits per heavy atom. The zero-order valence-electron chi connectivity index (χ0n) is 22.4. The van der Waals surface area contributed by atoms with E-state index in [4.69, 9.17) is 53.8 Å². The van der Waals surface area contributed by atoms with E-state index in [-0.39, 0.29) is 18.5 Å². The van der Waals surface area contributed by atoms with Gasteiger partial charge in [-0.2, -0.15) is 0 Å². The first-order valence-electron chi connectivity index (χ1n) is 13.6. The molecule has 2 aliphatic heterocycles. The number of ether oxygens (including phenoxy) is 4. The lowest BCUT2D eigenvalue weighted by Crippen LogP contribution is -2.66. The summed E-state index contributed by atoms with van der Waals surface area (Å²) < 4.78 is 22.0. The van der Waals surface area contributed by atoms with Gasteiger partial charge in [0.05, 0.1) is 25.9 Å². The summed E-state index contributed by atoms with van der Waals surface area (Å²) in [5.41, 5.74) is -0.955. The second-order valence-electron chi connectivity index (χ2n) is 10.6. The first kappa shape index (κ1) is 32.1. The molecule has 9 heteroatoms. The molecule has 2 rings (SSSR count). The molecule has 0 bridgehead atoms. The van der Waals surface area contributed by atoms with E-state index in [0.717, 1.165) is 44.9 Å². The van der Waals surface area contributed by atoms with E-state index < -0.39 is 21.0 Å². The van der Waals surface area contributed by atoms with Crippen LogP contribution >= 0.6 is 34.8 Å². The molecule has 0 aromatic heterocycles. The van der Waals surface area contributed by atoms with Gasteiger partial charge in [0, 0.05) is 12.8 Å². The molecule has 0 aromatic rings.